The number of primary sulfonamides is 1. The average Bonchev–Trinajstić information content (AvgIpc) is 3.07. The molecule has 10 heteroatoms. The van der Waals surface area contributed by atoms with E-state index in [-0.39, 0.29) is 11.4 Å². The molecule has 0 amide bonds. The van der Waals surface area contributed by atoms with E-state index in [2.05, 4.69) is 5.10 Å². The third-order valence-corrected chi connectivity index (χ3v) is 4.96. The molecule has 0 aliphatic heterocycles. The highest BCUT2D eigenvalue weighted by atomic mass is 32.2. The van der Waals surface area contributed by atoms with Crippen molar-refractivity contribution in [3.05, 3.63) is 65.9 Å². The molecule has 1 aromatic heterocycles. The minimum atomic E-state index is -4.60. The van der Waals surface area contributed by atoms with Crippen LogP contribution in [-0.2, 0) is 22.0 Å². The molecule has 2 aromatic carbocycles. The lowest BCUT2D eigenvalue weighted by atomic mass is 10.1. The molecule has 0 unspecified atom stereocenters. The molecule has 154 valence electrons. The van der Waals surface area contributed by atoms with E-state index in [1.54, 1.807) is 24.3 Å². The summed E-state index contributed by atoms with van der Waals surface area (Å²) in [6.07, 6.45) is -4.60. The van der Waals surface area contributed by atoms with Gasteiger partial charge in [0.1, 0.15) is 0 Å². The van der Waals surface area contributed by atoms with Crippen LogP contribution in [0.3, 0.4) is 0 Å². The van der Waals surface area contributed by atoms with Crippen LogP contribution in [-0.4, -0.2) is 32.3 Å². The van der Waals surface area contributed by atoms with E-state index in [0.29, 0.717) is 16.8 Å². The highest BCUT2D eigenvalue weighted by molar-refractivity contribution is 7.88. The Bertz CT molecular complexity index is 1100. The number of benzene rings is 2. The summed E-state index contributed by atoms with van der Waals surface area (Å²) < 4.78 is 63.4. The SMILES string of the molecule is CN(C)c1ccc(-c2cc(C(F)(F)F)nn2-c2ccc(CS(N)(=O)=O)cc2)cc1. The summed E-state index contributed by atoms with van der Waals surface area (Å²) in [4.78, 5) is 1.88. The number of hydrogen-bond acceptors (Lipinski definition) is 4. The molecule has 0 aliphatic carbocycles. The summed E-state index contributed by atoms with van der Waals surface area (Å²) in [5.74, 6) is -0.362. The Morgan fingerprint density at radius 3 is 2.10 bits per heavy atom. The second kappa shape index (κ2) is 7.53. The molecule has 2 N–H and O–H groups in total. The van der Waals surface area contributed by atoms with E-state index in [9.17, 15) is 21.6 Å². The molecule has 3 aromatic rings. The van der Waals surface area contributed by atoms with Gasteiger partial charge in [-0.3, -0.25) is 0 Å². The maximum absolute atomic E-state index is 13.3. The molecule has 1 heterocycles. The fraction of sp³-hybridized carbons (Fsp3) is 0.211. The average molecular weight is 424 g/mol. The van der Waals surface area contributed by atoms with Crippen LogP contribution in [0.5, 0.6) is 0 Å². The molecule has 0 aliphatic rings. The van der Waals surface area contributed by atoms with E-state index in [1.807, 2.05) is 19.0 Å². The Kier molecular flexibility index (Phi) is 5.42. The van der Waals surface area contributed by atoms with Gasteiger partial charge in [-0.2, -0.15) is 18.3 Å². The Labute approximate surface area is 166 Å². The van der Waals surface area contributed by atoms with Gasteiger partial charge in [0.2, 0.25) is 10.0 Å². The van der Waals surface area contributed by atoms with Gasteiger partial charge in [0.05, 0.1) is 17.1 Å². The van der Waals surface area contributed by atoms with Crippen molar-refractivity contribution in [2.75, 3.05) is 19.0 Å². The van der Waals surface area contributed by atoms with Crippen LogP contribution in [0.25, 0.3) is 16.9 Å². The summed E-state index contributed by atoms with van der Waals surface area (Å²) >= 11 is 0. The van der Waals surface area contributed by atoms with Crippen LogP contribution in [0.2, 0.25) is 0 Å². The van der Waals surface area contributed by atoms with Gasteiger partial charge >= 0.3 is 6.18 Å². The van der Waals surface area contributed by atoms with Crippen molar-refractivity contribution in [2.45, 2.75) is 11.9 Å². The molecular weight excluding hydrogens is 405 g/mol. The Morgan fingerprint density at radius 2 is 1.62 bits per heavy atom. The number of hydrogen-bond donors (Lipinski definition) is 1. The van der Waals surface area contributed by atoms with Crippen molar-refractivity contribution in [3.63, 3.8) is 0 Å². The molecule has 6 nitrogen and oxygen atoms in total. The first kappa shape index (κ1) is 20.9. The van der Waals surface area contributed by atoms with E-state index in [4.69, 9.17) is 5.14 Å². The van der Waals surface area contributed by atoms with Crippen molar-refractivity contribution in [2.24, 2.45) is 5.14 Å². The maximum Gasteiger partial charge on any atom is 0.435 e. The number of rotatable bonds is 5. The van der Waals surface area contributed by atoms with Gasteiger partial charge in [-0.15, -0.1) is 0 Å². The molecular formula is C19H19F3N4O2S. The van der Waals surface area contributed by atoms with Gasteiger partial charge in [-0.05, 0) is 35.9 Å². The van der Waals surface area contributed by atoms with Gasteiger partial charge in [-0.25, -0.2) is 18.2 Å². The minimum absolute atomic E-state index is 0.266. The minimum Gasteiger partial charge on any atom is -0.378 e. The first-order valence-electron chi connectivity index (χ1n) is 8.49. The third-order valence-electron chi connectivity index (χ3n) is 4.23. The van der Waals surface area contributed by atoms with Gasteiger partial charge in [0.25, 0.3) is 0 Å². The zero-order valence-electron chi connectivity index (χ0n) is 15.7. The zero-order chi connectivity index (χ0) is 21.4. The molecule has 0 fully saturated rings. The standard InChI is InChI=1S/C19H19F3N4O2S/c1-25(2)15-9-5-14(6-10-15)17-11-18(19(20,21)22)24-26(17)16-7-3-13(4-8-16)12-29(23,27)28/h3-11H,12H2,1-2H3,(H2,23,27,28). The molecule has 0 atom stereocenters. The number of aromatic nitrogens is 2. The number of nitrogens with two attached hydrogens (primary N) is 1. The summed E-state index contributed by atoms with van der Waals surface area (Å²) in [7, 11) is 0.0230. The summed E-state index contributed by atoms with van der Waals surface area (Å²) in [5, 5.41) is 8.76. The lowest BCUT2D eigenvalue weighted by Crippen LogP contribution is -2.14. The van der Waals surface area contributed by atoms with Gasteiger partial charge in [0.15, 0.2) is 5.69 Å². The van der Waals surface area contributed by atoms with Crippen LogP contribution >= 0.6 is 0 Å². The first-order chi connectivity index (χ1) is 13.4. The maximum atomic E-state index is 13.3. The molecule has 29 heavy (non-hydrogen) atoms. The summed E-state index contributed by atoms with van der Waals surface area (Å²) in [5.41, 5.74) is 1.51. The quantitative estimate of drug-likeness (QED) is 0.681. The Morgan fingerprint density at radius 1 is 1.03 bits per heavy atom. The summed E-state index contributed by atoms with van der Waals surface area (Å²) in [6.45, 7) is 0. The van der Waals surface area contributed by atoms with Crippen molar-refractivity contribution < 1.29 is 21.6 Å². The summed E-state index contributed by atoms with van der Waals surface area (Å²) in [6, 6.07) is 14.0. The number of sulfonamides is 1. The second-order valence-electron chi connectivity index (χ2n) is 6.74. The van der Waals surface area contributed by atoms with E-state index >= 15 is 0 Å². The number of alkyl halides is 3. The van der Waals surface area contributed by atoms with E-state index in [0.717, 1.165) is 11.8 Å². The zero-order valence-corrected chi connectivity index (χ0v) is 16.5. The van der Waals surface area contributed by atoms with Crippen LogP contribution in [0.4, 0.5) is 18.9 Å². The van der Waals surface area contributed by atoms with Crippen LogP contribution < -0.4 is 10.0 Å². The van der Waals surface area contributed by atoms with Gasteiger partial charge in [-0.1, -0.05) is 24.3 Å². The molecule has 0 spiro atoms. The molecule has 0 radical (unpaired) electrons. The predicted molar refractivity (Wildman–Crippen MR) is 105 cm³/mol. The molecule has 3 rings (SSSR count). The second-order valence-corrected chi connectivity index (χ2v) is 8.35. The Balaban J connectivity index is 2.06. The van der Waals surface area contributed by atoms with Crippen molar-refractivity contribution in [3.8, 4) is 16.9 Å². The van der Waals surface area contributed by atoms with Crippen molar-refractivity contribution in [1.29, 1.82) is 0 Å². The largest absolute Gasteiger partial charge is 0.435 e. The smallest absolute Gasteiger partial charge is 0.378 e. The molecule has 0 bridgehead atoms. The Hall–Kier alpha value is -2.85. The lowest BCUT2D eigenvalue weighted by Gasteiger charge is -2.13. The fourth-order valence-electron chi connectivity index (χ4n) is 2.82. The highest BCUT2D eigenvalue weighted by Gasteiger charge is 2.35. The van der Waals surface area contributed by atoms with Crippen LogP contribution in [0.1, 0.15) is 11.3 Å². The normalized spacial score (nSPS) is 12.2. The number of halogens is 3. The number of nitrogens with zero attached hydrogens (tertiary/aromatic N) is 3. The van der Waals surface area contributed by atoms with Gasteiger partial charge in [0, 0.05) is 25.3 Å². The lowest BCUT2D eigenvalue weighted by molar-refractivity contribution is -0.141. The van der Waals surface area contributed by atoms with Crippen LogP contribution in [0.15, 0.2) is 54.6 Å². The highest BCUT2D eigenvalue weighted by Crippen LogP contribution is 2.33. The van der Waals surface area contributed by atoms with Crippen molar-refractivity contribution >= 4 is 15.7 Å². The van der Waals surface area contributed by atoms with Crippen molar-refractivity contribution in [1.82, 2.24) is 9.78 Å². The van der Waals surface area contributed by atoms with E-state index in [1.165, 1.54) is 28.9 Å². The first-order valence-corrected chi connectivity index (χ1v) is 10.2. The fourth-order valence-corrected chi connectivity index (χ4v) is 3.48. The number of anilines is 1. The topological polar surface area (TPSA) is 81.2 Å². The third kappa shape index (κ3) is 4.96. The van der Waals surface area contributed by atoms with E-state index < -0.39 is 21.9 Å². The van der Waals surface area contributed by atoms with Crippen LogP contribution in [0, 0.1) is 0 Å². The van der Waals surface area contributed by atoms with Gasteiger partial charge < -0.3 is 4.90 Å². The monoisotopic (exact) mass is 424 g/mol. The predicted octanol–water partition coefficient (Wildman–Crippen LogP) is 3.41. The molecule has 0 saturated heterocycles. The molecule has 0 saturated carbocycles.